The number of carbonyl (C=O) groups is 1. The molecule has 0 bridgehead atoms. The summed E-state index contributed by atoms with van der Waals surface area (Å²) in [5.74, 6) is 0.136. The molecule has 0 saturated carbocycles. The van der Waals surface area contributed by atoms with Gasteiger partial charge in [-0.25, -0.2) is 13.1 Å². The highest BCUT2D eigenvalue weighted by Gasteiger charge is 2.24. The van der Waals surface area contributed by atoms with Gasteiger partial charge in [0.25, 0.3) is 15.9 Å². The number of aromatic nitrogens is 1. The molecular weight excluding hydrogens is 540 g/mol. The van der Waals surface area contributed by atoms with Crippen LogP contribution in [-0.4, -0.2) is 25.9 Å². The van der Waals surface area contributed by atoms with Crippen LogP contribution < -0.4 is 9.46 Å². The number of aromatic amines is 1. The van der Waals surface area contributed by atoms with Gasteiger partial charge in [-0.05, 0) is 104 Å². The highest BCUT2D eigenvalue weighted by atomic mass is 32.2. The Morgan fingerprint density at radius 1 is 0.925 bits per heavy atom. The Morgan fingerprint density at radius 3 is 2.33 bits per heavy atom. The van der Waals surface area contributed by atoms with Crippen molar-refractivity contribution in [3.63, 3.8) is 0 Å². The number of aryl methyl sites for hydroxylation is 4. The molecule has 2 aromatic heterocycles. The molecule has 2 heterocycles. The predicted molar refractivity (Wildman–Crippen MR) is 162 cm³/mol. The Balaban J connectivity index is 1.47. The van der Waals surface area contributed by atoms with Gasteiger partial charge in [-0.2, -0.15) is 0 Å². The zero-order chi connectivity index (χ0) is 28.4. The lowest BCUT2D eigenvalue weighted by Crippen LogP contribution is -2.31. The minimum Gasteiger partial charge on any atom is -0.494 e. The third kappa shape index (κ3) is 5.55. The predicted octanol–water partition coefficient (Wildman–Crippen LogP) is 7.26. The second-order valence-electron chi connectivity index (χ2n) is 10.0. The van der Waals surface area contributed by atoms with Crippen LogP contribution >= 0.6 is 11.3 Å². The van der Waals surface area contributed by atoms with Crippen LogP contribution in [0.4, 0.5) is 0 Å². The summed E-state index contributed by atoms with van der Waals surface area (Å²) in [6.45, 7) is 8.76. The molecule has 8 heteroatoms. The van der Waals surface area contributed by atoms with E-state index in [0.717, 1.165) is 38.2 Å². The summed E-state index contributed by atoms with van der Waals surface area (Å²) in [7, 11) is -4.04. The number of ether oxygens (including phenoxy) is 1. The molecule has 3 aromatic carbocycles. The van der Waals surface area contributed by atoms with Gasteiger partial charge in [0.15, 0.2) is 0 Å². The fourth-order valence-electron chi connectivity index (χ4n) is 4.91. The number of rotatable bonds is 9. The van der Waals surface area contributed by atoms with Crippen molar-refractivity contribution in [2.24, 2.45) is 0 Å². The van der Waals surface area contributed by atoms with Crippen molar-refractivity contribution in [3.05, 3.63) is 106 Å². The molecule has 0 spiro atoms. The first kappa shape index (κ1) is 27.7. The highest BCUT2D eigenvalue weighted by molar-refractivity contribution is 7.90. The average molecular weight is 573 g/mol. The molecule has 0 radical (unpaired) electrons. The summed E-state index contributed by atoms with van der Waals surface area (Å²) in [6, 6.07) is 20.0. The van der Waals surface area contributed by atoms with E-state index in [9.17, 15) is 13.2 Å². The fourth-order valence-corrected chi connectivity index (χ4v) is 6.85. The molecule has 0 aliphatic rings. The number of nitrogens with one attached hydrogen (secondary N) is 2. The van der Waals surface area contributed by atoms with Gasteiger partial charge in [-0.1, -0.05) is 36.4 Å². The van der Waals surface area contributed by atoms with Gasteiger partial charge in [-0.3, -0.25) is 4.79 Å². The molecule has 0 unspecified atom stereocenters. The first-order valence-electron chi connectivity index (χ1n) is 13.2. The maximum absolute atomic E-state index is 13.5. The van der Waals surface area contributed by atoms with Gasteiger partial charge in [0.2, 0.25) is 0 Å². The van der Waals surface area contributed by atoms with Crippen LogP contribution in [0.25, 0.3) is 21.3 Å². The summed E-state index contributed by atoms with van der Waals surface area (Å²) in [4.78, 5) is 17.9. The molecule has 1 amide bonds. The van der Waals surface area contributed by atoms with E-state index in [1.54, 1.807) is 29.5 Å². The van der Waals surface area contributed by atoms with Gasteiger partial charge >= 0.3 is 0 Å². The number of H-pyrrole nitrogens is 1. The van der Waals surface area contributed by atoms with Crippen molar-refractivity contribution in [3.8, 4) is 16.2 Å². The Kier molecular flexibility index (Phi) is 7.83. The highest BCUT2D eigenvalue weighted by Crippen LogP contribution is 2.37. The smallest absolute Gasteiger partial charge is 0.281 e. The van der Waals surface area contributed by atoms with Crippen LogP contribution in [0.5, 0.6) is 5.75 Å². The maximum atomic E-state index is 13.5. The van der Waals surface area contributed by atoms with Crippen molar-refractivity contribution in [1.29, 1.82) is 0 Å². The molecule has 206 valence electrons. The topological polar surface area (TPSA) is 88.3 Å². The van der Waals surface area contributed by atoms with Crippen molar-refractivity contribution >= 4 is 38.2 Å². The second-order valence-corrected chi connectivity index (χ2v) is 12.6. The lowest BCUT2D eigenvalue weighted by molar-refractivity contribution is 0.0976. The molecule has 0 fully saturated rings. The normalized spacial score (nSPS) is 11.6. The number of fused-ring (bicyclic) bond motifs is 1. The number of hydrogen-bond donors (Lipinski definition) is 2. The summed E-state index contributed by atoms with van der Waals surface area (Å²) >= 11 is 1.63. The van der Waals surface area contributed by atoms with Crippen molar-refractivity contribution in [2.75, 3.05) is 6.61 Å². The number of benzene rings is 3. The number of amides is 1. The van der Waals surface area contributed by atoms with Gasteiger partial charge in [-0.15, -0.1) is 11.3 Å². The van der Waals surface area contributed by atoms with Gasteiger partial charge in [0, 0.05) is 15.8 Å². The summed E-state index contributed by atoms with van der Waals surface area (Å²) in [5.41, 5.74) is 7.58. The standard InChI is InChI=1S/C32H32N2O4S2/c1-20-15-17-39-31(20)28-13-8-12-26-27(14-9-16-38-24-18-21(2)23(4)22(3)19-24)30(33-29(26)28)32(35)34-40(36,37)25-10-6-5-7-11-25/h5-8,10-13,15,17-19,33H,9,14,16H2,1-4H3,(H,34,35). The molecule has 6 nitrogen and oxygen atoms in total. The SMILES string of the molecule is Cc1ccsc1-c1cccc2c(CCCOc3cc(C)c(C)c(C)c3)c(C(=O)NS(=O)(=O)c3ccccc3)[nH]c12. The first-order chi connectivity index (χ1) is 19.2. The van der Waals surface area contributed by atoms with Crippen LogP contribution in [0.1, 0.15) is 44.7 Å². The number of thiophene rings is 1. The molecule has 0 saturated heterocycles. The van der Waals surface area contributed by atoms with Crippen LogP contribution in [0.3, 0.4) is 0 Å². The lowest BCUT2D eigenvalue weighted by Gasteiger charge is -2.11. The average Bonchev–Trinajstić information content (AvgIpc) is 3.53. The van der Waals surface area contributed by atoms with E-state index < -0.39 is 15.9 Å². The van der Waals surface area contributed by atoms with Crippen molar-refractivity contribution in [2.45, 2.75) is 45.4 Å². The van der Waals surface area contributed by atoms with Crippen LogP contribution in [0.2, 0.25) is 0 Å². The first-order valence-corrected chi connectivity index (χ1v) is 15.5. The van der Waals surface area contributed by atoms with E-state index in [2.05, 4.69) is 43.5 Å². The summed E-state index contributed by atoms with van der Waals surface area (Å²) in [6.07, 6.45) is 1.18. The van der Waals surface area contributed by atoms with E-state index in [1.807, 2.05) is 35.7 Å². The van der Waals surface area contributed by atoms with Crippen molar-refractivity contribution in [1.82, 2.24) is 9.71 Å². The quantitative estimate of drug-likeness (QED) is 0.182. The van der Waals surface area contributed by atoms with E-state index in [4.69, 9.17) is 4.74 Å². The van der Waals surface area contributed by atoms with E-state index in [1.165, 1.54) is 28.8 Å². The summed E-state index contributed by atoms with van der Waals surface area (Å²) < 4.78 is 34.3. The van der Waals surface area contributed by atoms with Crippen LogP contribution in [-0.2, 0) is 16.4 Å². The van der Waals surface area contributed by atoms with E-state index >= 15 is 0 Å². The zero-order valence-electron chi connectivity index (χ0n) is 23.0. The minimum atomic E-state index is -4.04. The third-order valence-electron chi connectivity index (χ3n) is 7.30. The number of para-hydroxylation sites is 1. The molecule has 5 rings (SSSR count). The van der Waals surface area contributed by atoms with Gasteiger partial charge < -0.3 is 9.72 Å². The Hall–Kier alpha value is -3.88. The second kappa shape index (κ2) is 11.3. The number of hydrogen-bond acceptors (Lipinski definition) is 5. The molecular formula is C32H32N2O4S2. The van der Waals surface area contributed by atoms with Crippen LogP contribution in [0.15, 0.2) is 77.0 Å². The fraction of sp³-hybridized carbons (Fsp3) is 0.219. The number of sulfonamides is 1. The Morgan fingerprint density at radius 2 is 1.65 bits per heavy atom. The molecule has 0 atom stereocenters. The lowest BCUT2D eigenvalue weighted by atomic mass is 10.0. The Bertz CT molecular complexity index is 1780. The molecule has 40 heavy (non-hydrogen) atoms. The van der Waals surface area contributed by atoms with Gasteiger partial charge in [0.05, 0.1) is 17.0 Å². The Labute approximate surface area is 239 Å². The molecule has 5 aromatic rings. The van der Waals surface area contributed by atoms with Crippen LogP contribution in [0, 0.1) is 27.7 Å². The minimum absolute atomic E-state index is 0.0352. The summed E-state index contributed by atoms with van der Waals surface area (Å²) in [5, 5.41) is 2.94. The monoisotopic (exact) mass is 572 g/mol. The maximum Gasteiger partial charge on any atom is 0.281 e. The molecule has 2 N–H and O–H groups in total. The third-order valence-corrected chi connectivity index (χ3v) is 9.69. The molecule has 0 aliphatic heterocycles. The zero-order valence-corrected chi connectivity index (χ0v) is 24.6. The number of carbonyl (C=O) groups excluding carboxylic acids is 1. The largest absolute Gasteiger partial charge is 0.494 e. The van der Waals surface area contributed by atoms with E-state index in [0.29, 0.717) is 19.4 Å². The van der Waals surface area contributed by atoms with E-state index in [-0.39, 0.29) is 10.6 Å². The molecule has 0 aliphatic carbocycles. The van der Waals surface area contributed by atoms with Crippen molar-refractivity contribution < 1.29 is 17.9 Å². The van der Waals surface area contributed by atoms with Gasteiger partial charge in [0.1, 0.15) is 11.4 Å².